The van der Waals surface area contributed by atoms with E-state index in [4.69, 9.17) is 17.5 Å². The Labute approximate surface area is 197 Å². The fourth-order valence-electron chi connectivity index (χ4n) is 3.59. The van der Waals surface area contributed by atoms with Crippen molar-refractivity contribution < 1.29 is 18.0 Å². The van der Waals surface area contributed by atoms with Crippen molar-refractivity contribution in [2.75, 3.05) is 4.90 Å². The van der Waals surface area contributed by atoms with Gasteiger partial charge in [0.2, 0.25) is 0 Å². The van der Waals surface area contributed by atoms with E-state index in [-0.39, 0.29) is 17.3 Å². The zero-order chi connectivity index (χ0) is 24.8. The molecule has 3 aromatic rings. The van der Waals surface area contributed by atoms with Gasteiger partial charge in [0.25, 0.3) is 5.91 Å². The predicted octanol–water partition coefficient (Wildman–Crippen LogP) is 3.17. The van der Waals surface area contributed by atoms with Crippen LogP contribution in [0.15, 0.2) is 36.5 Å². The highest BCUT2D eigenvalue weighted by Crippen LogP contribution is 2.38. The number of nitriles is 1. The number of amides is 1. The summed E-state index contributed by atoms with van der Waals surface area (Å²) in [5, 5.41) is 20.3. The van der Waals surface area contributed by atoms with E-state index in [1.54, 1.807) is 44.0 Å². The van der Waals surface area contributed by atoms with Gasteiger partial charge in [0.15, 0.2) is 16.8 Å². The van der Waals surface area contributed by atoms with E-state index in [1.165, 1.54) is 16.8 Å². The van der Waals surface area contributed by atoms with E-state index in [0.717, 1.165) is 22.6 Å². The second-order valence-electron chi connectivity index (χ2n) is 8.07. The number of thiocarbonyl (C=S) groups is 1. The smallest absolute Gasteiger partial charge is 0.330 e. The lowest BCUT2D eigenvalue weighted by Gasteiger charge is -2.29. The first-order valence-corrected chi connectivity index (χ1v) is 10.3. The highest BCUT2D eigenvalue weighted by molar-refractivity contribution is 7.80. The largest absolute Gasteiger partial charge is 0.417 e. The number of hydrogen-bond donors (Lipinski definition) is 0. The van der Waals surface area contributed by atoms with Crippen LogP contribution in [0.25, 0.3) is 5.82 Å². The van der Waals surface area contributed by atoms with Gasteiger partial charge in [-0.15, -0.1) is 5.10 Å². The third-order valence-electron chi connectivity index (χ3n) is 5.50. The Morgan fingerprint density at radius 1 is 1.21 bits per heavy atom. The molecule has 13 heteroatoms. The summed E-state index contributed by atoms with van der Waals surface area (Å²) in [4.78, 5) is 20.2. The summed E-state index contributed by atoms with van der Waals surface area (Å²) >= 11 is 5.51. The van der Waals surface area contributed by atoms with Gasteiger partial charge in [-0.2, -0.15) is 23.1 Å². The summed E-state index contributed by atoms with van der Waals surface area (Å²) in [6, 6.07) is 8.10. The summed E-state index contributed by atoms with van der Waals surface area (Å²) in [6.07, 6.45) is -3.17. The van der Waals surface area contributed by atoms with Crippen LogP contribution in [0.2, 0.25) is 0 Å². The van der Waals surface area contributed by atoms with Crippen LogP contribution in [0.3, 0.4) is 0 Å². The van der Waals surface area contributed by atoms with Crippen LogP contribution in [-0.4, -0.2) is 46.6 Å². The minimum Gasteiger partial charge on any atom is -0.330 e. The molecular formula is C21H17F3N8OS. The van der Waals surface area contributed by atoms with Gasteiger partial charge in [-0.1, -0.05) is 6.07 Å². The summed E-state index contributed by atoms with van der Waals surface area (Å²) in [5.41, 5.74) is -2.13. The van der Waals surface area contributed by atoms with E-state index >= 15 is 0 Å². The van der Waals surface area contributed by atoms with Gasteiger partial charge in [0.05, 0.1) is 22.9 Å². The molecule has 0 unspecified atom stereocenters. The highest BCUT2D eigenvalue weighted by atomic mass is 32.1. The average molecular weight is 486 g/mol. The Hall–Kier alpha value is -3.92. The predicted molar refractivity (Wildman–Crippen MR) is 118 cm³/mol. The summed E-state index contributed by atoms with van der Waals surface area (Å²) in [5.74, 6) is 0.581. The van der Waals surface area contributed by atoms with Crippen molar-refractivity contribution in [3.05, 3.63) is 59.0 Å². The van der Waals surface area contributed by atoms with Gasteiger partial charge in [0, 0.05) is 12.7 Å². The molecule has 1 amide bonds. The van der Waals surface area contributed by atoms with Crippen molar-refractivity contribution in [2.45, 2.75) is 39.0 Å². The number of aromatic nitrogens is 5. The van der Waals surface area contributed by atoms with E-state index in [0.29, 0.717) is 11.6 Å². The van der Waals surface area contributed by atoms with Crippen LogP contribution >= 0.6 is 12.2 Å². The molecule has 4 rings (SSSR count). The number of anilines is 1. The van der Waals surface area contributed by atoms with Crippen molar-refractivity contribution in [2.24, 2.45) is 0 Å². The number of rotatable bonds is 4. The molecule has 0 radical (unpaired) electrons. The molecule has 0 spiro atoms. The summed E-state index contributed by atoms with van der Waals surface area (Å²) in [6.45, 7) is 5.21. The molecule has 1 fully saturated rings. The van der Waals surface area contributed by atoms with Crippen molar-refractivity contribution in [3.8, 4) is 11.9 Å². The van der Waals surface area contributed by atoms with E-state index < -0.39 is 28.7 Å². The minimum atomic E-state index is -4.76. The molecule has 2 aromatic heterocycles. The molecule has 0 N–H and O–H groups in total. The quantitative estimate of drug-likeness (QED) is 0.518. The Morgan fingerprint density at radius 2 is 1.94 bits per heavy atom. The van der Waals surface area contributed by atoms with Crippen LogP contribution in [-0.2, 0) is 17.5 Å². The first kappa shape index (κ1) is 23.2. The molecule has 0 atom stereocenters. The molecule has 174 valence electrons. The molecule has 34 heavy (non-hydrogen) atoms. The third-order valence-corrected chi connectivity index (χ3v) is 5.91. The van der Waals surface area contributed by atoms with Crippen LogP contribution < -0.4 is 4.90 Å². The number of aryl methyl sites for hydroxylation is 1. The van der Waals surface area contributed by atoms with Crippen LogP contribution in [0.4, 0.5) is 18.9 Å². The molecule has 0 bridgehead atoms. The van der Waals surface area contributed by atoms with E-state index in [2.05, 4.69) is 20.5 Å². The maximum absolute atomic E-state index is 13.5. The normalized spacial score (nSPS) is 15.7. The van der Waals surface area contributed by atoms with Crippen LogP contribution in [0.1, 0.15) is 36.4 Å². The van der Waals surface area contributed by atoms with E-state index in [1.807, 2.05) is 0 Å². The molecule has 1 saturated heterocycles. The average Bonchev–Trinajstić information content (AvgIpc) is 3.28. The van der Waals surface area contributed by atoms with Crippen molar-refractivity contribution in [3.63, 3.8) is 0 Å². The van der Waals surface area contributed by atoms with Crippen LogP contribution in [0, 0.1) is 18.3 Å². The fourth-order valence-corrected chi connectivity index (χ4v) is 4.07. The number of halogens is 3. The SMILES string of the molecule is Cc1nnnn1-c1ccc(CN2C(=S)N(c3ccc(C#N)c(C(F)(F)F)c3)C(=O)C2(C)C)cn1. The lowest BCUT2D eigenvalue weighted by Crippen LogP contribution is -2.43. The van der Waals surface area contributed by atoms with Gasteiger partial charge >= 0.3 is 6.18 Å². The zero-order valence-corrected chi connectivity index (χ0v) is 19.0. The monoisotopic (exact) mass is 486 g/mol. The highest BCUT2D eigenvalue weighted by Gasteiger charge is 2.49. The van der Waals surface area contributed by atoms with Gasteiger partial charge in [-0.05, 0) is 73.2 Å². The van der Waals surface area contributed by atoms with Crippen molar-refractivity contribution >= 4 is 28.9 Å². The molecule has 1 aliphatic heterocycles. The van der Waals surface area contributed by atoms with Crippen LogP contribution in [0.5, 0.6) is 0 Å². The summed E-state index contributed by atoms with van der Waals surface area (Å²) < 4.78 is 41.8. The third kappa shape index (κ3) is 3.86. The number of nitrogens with zero attached hydrogens (tertiary/aromatic N) is 8. The Kier molecular flexibility index (Phi) is 5.56. The number of hydrogen-bond acceptors (Lipinski definition) is 7. The number of pyridine rings is 1. The van der Waals surface area contributed by atoms with Crippen molar-refractivity contribution in [1.82, 2.24) is 30.1 Å². The molecule has 0 aliphatic carbocycles. The van der Waals surface area contributed by atoms with Gasteiger partial charge in [-0.3, -0.25) is 9.69 Å². The first-order valence-electron chi connectivity index (χ1n) is 9.93. The Balaban J connectivity index is 1.64. The number of carbonyl (C=O) groups is 1. The number of tetrazole rings is 1. The van der Waals surface area contributed by atoms with Gasteiger partial charge in [0.1, 0.15) is 5.54 Å². The lowest BCUT2D eigenvalue weighted by atomic mass is 10.0. The minimum absolute atomic E-state index is 0.0493. The Bertz CT molecular complexity index is 1330. The molecule has 9 nitrogen and oxygen atoms in total. The maximum Gasteiger partial charge on any atom is 0.417 e. The molecule has 3 heterocycles. The summed E-state index contributed by atoms with van der Waals surface area (Å²) in [7, 11) is 0. The number of benzene rings is 1. The molecule has 1 aromatic carbocycles. The zero-order valence-electron chi connectivity index (χ0n) is 18.2. The standard InChI is InChI=1S/C21H17F3N8OS/c1-12-27-28-29-32(12)17-7-4-13(10-26-17)11-30-19(34)31(18(33)20(30,2)3)15-6-5-14(9-25)16(8-15)21(22,23)24/h4-8,10H,11H2,1-3H3. The maximum atomic E-state index is 13.5. The number of alkyl halides is 3. The molecule has 0 saturated carbocycles. The van der Waals surface area contributed by atoms with Crippen molar-refractivity contribution in [1.29, 1.82) is 5.26 Å². The van der Waals surface area contributed by atoms with Gasteiger partial charge in [-0.25, -0.2) is 4.98 Å². The molecule has 1 aliphatic rings. The first-order chi connectivity index (χ1) is 15.9. The van der Waals surface area contributed by atoms with Gasteiger partial charge < -0.3 is 4.90 Å². The Morgan fingerprint density at radius 3 is 2.50 bits per heavy atom. The van der Waals surface area contributed by atoms with E-state index in [9.17, 15) is 18.0 Å². The fraction of sp³-hybridized carbons (Fsp3) is 0.286. The number of carbonyl (C=O) groups excluding carboxylic acids is 1. The second-order valence-corrected chi connectivity index (χ2v) is 8.44. The lowest BCUT2D eigenvalue weighted by molar-refractivity contribution is -0.137. The molecular weight excluding hydrogens is 469 g/mol. The second kappa shape index (κ2) is 8.14. The topological polar surface area (TPSA) is 104 Å².